The molecule has 9 N–H and O–H groups in total. The SMILES string of the molecule is CCCC/C=C\CCCCCC(O)CC(=O)NC(COP(=O)(O)OC1C(O)C(O)C(O)C(O)C1O)C(O)/C=C/CC/C=C/CCCCCCCCCCC. The van der Waals surface area contributed by atoms with Gasteiger partial charge < -0.3 is 46.0 Å². The highest BCUT2D eigenvalue weighted by Gasteiger charge is 2.51. The number of nitrogens with one attached hydrogen (secondary N) is 1. The first kappa shape index (κ1) is 50.5. The number of unbranched alkanes of at least 4 members (excludes halogenated alkanes) is 15. The molecule has 1 aliphatic carbocycles. The fraction of sp³-hybridized carbons (Fsp3) is 0.825. The third-order valence-corrected chi connectivity index (χ3v) is 10.7. The summed E-state index contributed by atoms with van der Waals surface area (Å²) in [6.07, 6.45) is 18.3. The maximum atomic E-state index is 12.9. The summed E-state index contributed by atoms with van der Waals surface area (Å²) in [5, 5.41) is 74.0. The Morgan fingerprint density at radius 2 is 1.11 bits per heavy atom. The van der Waals surface area contributed by atoms with E-state index in [-0.39, 0.29) is 6.42 Å². The summed E-state index contributed by atoms with van der Waals surface area (Å²) in [4.78, 5) is 23.3. The number of carbonyl (C=O) groups excluding carboxylic acids is 1. The van der Waals surface area contributed by atoms with E-state index in [0.717, 1.165) is 57.8 Å². The van der Waals surface area contributed by atoms with Gasteiger partial charge in [0.1, 0.15) is 36.6 Å². The number of phosphoric acid groups is 1. The lowest BCUT2D eigenvalue weighted by Gasteiger charge is -2.41. The van der Waals surface area contributed by atoms with Gasteiger partial charge in [-0.15, -0.1) is 0 Å². The molecule has 0 aromatic carbocycles. The van der Waals surface area contributed by atoms with Crippen LogP contribution in [0.4, 0.5) is 0 Å². The summed E-state index contributed by atoms with van der Waals surface area (Å²) in [5.74, 6) is -0.617. The Morgan fingerprint density at radius 3 is 1.69 bits per heavy atom. The van der Waals surface area contributed by atoms with E-state index in [4.69, 9.17) is 9.05 Å². The second kappa shape index (κ2) is 30.6. The molecular weight excluding hydrogens is 717 g/mol. The van der Waals surface area contributed by atoms with Gasteiger partial charge in [-0.3, -0.25) is 13.8 Å². The molecule has 1 saturated carbocycles. The van der Waals surface area contributed by atoms with E-state index in [9.17, 15) is 50.0 Å². The van der Waals surface area contributed by atoms with E-state index >= 15 is 0 Å². The Balaban J connectivity index is 2.67. The molecule has 1 fully saturated rings. The van der Waals surface area contributed by atoms with Crippen molar-refractivity contribution in [1.82, 2.24) is 5.32 Å². The van der Waals surface area contributed by atoms with Crippen LogP contribution in [0, 0.1) is 0 Å². The van der Waals surface area contributed by atoms with Gasteiger partial charge >= 0.3 is 7.82 Å². The van der Waals surface area contributed by atoms with Gasteiger partial charge in [-0.2, -0.15) is 0 Å². The Hall–Kier alpha value is -1.48. The number of allylic oxidation sites excluding steroid dienone is 5. The van der Waals surface area contributed by atoms with Crippen LogP contribution in [0.5, 0.6) is 0 Å². The minimum Gasteiger partial charge on any atom is -0.393 e. The van der Waals surface area contributed by atoms with Crippen LogP contribution >= 0.6 is 7.82 Å². The standard InChI is InChI=1S/C40H74NO12P/c1-3-5-7-9-11-13-14-15-16-17-18-20-22-24-26-28-33(43)32(41-34(44)29-31(42)27-25-23-21-19-12-10-8-6-4-2)30-52-54(50,51)53-40-38(48)36(46)35(45)37(47)39(40)49/h10,12,18,20,26,28,31-33,35-40,42-43,45-49H,3-9,11,13-17,19,21-25,27,29-30H2,1-2H3,(H,41,44)(H,50,51)/b12-10-,20-18+,28-26+. The number of hydrogen-bond acceptors (Lipinski definition) is 11. The number of aliphatic hydroxyl groups is 7. The van der Waals surface area contributed by atoms with Gasteiger partial charge in [-0.25, -0.2) is 4.57 Å². The smallest absolute Gasteiger partial charge is 0.393 e. The first-order valence-electron chi connectivity index (χ1n) is 20.5. The van der Waals surface area contributed by atoms with Gasteiger partial charge in [0, 0.05) is 0 Å². The molecule has 0 aromatic rings. The molecular formula is C40H74NO12P. The molecule has 54 heavy (non-hydrogen) atoms. The fourth-order valence-corrected chi connectivity index (χ4v) is 7.20. The molecule has 14 heteroatoms. The fourth-order valence-electron chi connectivity index (χ4n) is 6.23. The number of amides is 1. The predicted molar refractivity (Wildman–Crippen MR) is 210 cm³/mol. The minimum atomic E-state index is -5.14. The number of carbonyl (C=O) groups is 1. The number of hydrogen-bond donors (Lipinski definition) is 9. The summed E-state index contributed by atoms with van der Waals surface area (Å²) in [5.41, 5.74) is 0. The van der Waals surface area contributed by atoms with Crippen LogP contribution in [-0.4, -0.2) is 108 Å². The highest BCUT2D eigenvalue weighted by Crippen LogP contribution is 2.47. The molecule has 0 aromatic heterocycles. The van der Waals surface area contributed by atoms with Crippen molar-refractivity contribution in [2.45, 2.75) is 204 Å². The number of rotatable bonds is 32. The van der Waals surface area contributed by atoms with E-state index in [1.807, 2.05) is 0 Å². The van der Waals surface area contributed by atoms with Gasteiger partial charge in [0.25, 0.3) is 0 Å². The quantitative estimate of drug-likeness (QED) is 0.0237. The summed E-state index contributed by atoms with van der Waals surface area (Å²) < 4.78 is 22.7. The lowest BCUT2D eigenvalue weighted by Crippen LogP contribution is -2.64. The molecule has 1 rings (SSSR count). The van der Waals surface area contributed by atoms with Crippen LogP contribution in [0.2, 0.25) is 0 Å². The van der Waals surface area contributed by atoms with Crippen LogP contribution in [-0.2, 0) is 18.4 Å². The molecule has 13 nitrogen and oxygen atoms in total. The summed E-state index contributed by atoms with van der Waals surface area (Å²) in [7, 11) is -5.14. The Kier molecular flexibility index (Phi) is 28.7. The highest BCUT2D eigenvalue weighted by atomic mass is 31.2. The summed E-state index contributed by atoms with van der Waals surface area (Å²) in [6, 6.07) is -1.26. The van der Waals surface area contributed by atoms with Gasteiger partial charge in [-0.1, -0.05) is 127 Å². The predicted octanol–water partition coefficient (Wildman–Crippen LogP) is 5.41. The van der Waals surface area contributed by atoms with Gasteiger partial charge in [0.2, 0.25) is 5.91 Å². The average Bonchev–Trinajstić information content (AvgIpc) is 3.14. The zero-order valence-electron chi connectivity index (χ0n) is 32.9. The van der Waals surface area contributed by atoms with Gasteiger partial charge in [0.15, 0.2) is 0 Å². The maximum absolute atomic E-state index is 12.9. The number of phosphoric ester groups is 1. The molecule has 316 valence electrons. The second-order valence-corrected chi connectivity index (χ2v) is 16.1. The molecule has 0 heterocycles. The van der Waals surface area contributed by atoms with Gasteiger partial charge in [-0.05, 0) is 51.4 Å². The average molecular weight is 792 g/mol. The first-order chi connectivity index (χ1) is 25.8. The van der Waals surface area contributed by atoms with Crippen molar-refractivity contribution in [2.24, 2.45) is 0 Å². The lowest BCUT2D eigenvalue weighted by atomic mass is 9.85. The Morgan fingerprint density at radius 1 is 0.648 bits per heavy atom. The molecule has 8 atom stereocenters. The largest absolute Gasteiger partial charge is 0.472 e. The zero-order chi connectivity index (χ0) is 40.2. The van der Waals surface area contributed by atoms with Crippen LogP contribution in [0.1, 0.15) is 149 Å². The van der Waals surface area contributed by atoms with Crippen LogP contribution < -0.4 is 5.32 Å². The van der Waals surface area contributed by atoms with E-state index < -0.39 is 75.2 Å². The monoisotopic (exact) mass is 791 g/mol. The summed E-state index contributed by atoms with van der Waals surface area (Å²) in [6.45, 7) is 3.63. The second-order valence-electron chi connectivity index (χ2n) is 14.7. The molecule has 8 unspecified atom stereocenters. The van der Waals surface area contributed by atoms with Crippen molar-refractivity contribution in [3.63, 3.8) is 0 Å². The van der Waals surface area contributed by atoms with E-state index in [0.29, 0.717) is 12.8 Å². The third-order valence-electron chi connectivity index (χ3n) is 9.70. The van der Waals surface area contributed by atoms with Crippen molar-refractivity contribution in [3.8, 4) is 0 Å². The molecule has 0 spiro atoms. The van der Waals surface area contributed by atoms with Crippen molar-refractivity contribution < 1.29 is 59.0 Å². The zero-order valence-corrected chi connectivity index (χ0v) is 33.8. The molecule has 0 saturated heterocycles. The molecule has 0 bridgehead atoms. The van der Waals surface area contributed by atoms with E-state index in [2.05, 4.69) is 43.5 Å². The van der Waals surface area contributed by atoms with Crippen molar-refractivity contribution in [1.29, 1.82) is 0 Å². The van der Waals surface area contributed by atoms with E-state index in [1.54, 1.807) is 6.08 Å². The van der Waals surface area contributed by atoms with Crippen molar-refractivity contribution in [3.05, 3.63) is 36.5 Å². The van der Waals surface area contributed by atoms with Crippen LogP contribution in [0.15, 0.2) is 36.5 Å². The molecule has 1 amide bonds. The summed E-state index contributed by atoms with van der Waals surface area (Å²) >= 11 is 0. The molecule has 0 radical (unpaired) electrons. The normalized spacial score (nSPS) is 25.0. The Labute approximate surface area is 324 Å². The van der Waals surface area contributed by atoms with E-state index in [1.165, 1.54) is 63.9 Å². The maximum Gasteiger partial charge on any atom is 0.472 e. The van der Waals surface area contributed by atoms with Gasteiger partial charge in [0.05, 0.1) is 31.3 Å². The Bertz CT molecular complexity index is 1080. The van der Waals surface area contributed by atoms with Crippen LogP contribution in [0.25, 0.3) is 0 Å². The first-order valence-corrected chi connectivity index (χ1v) is 22.0. The minimum absolute atomic E-state index is 0.264. The van der Waals surface area contributed by atoms with Crippen molar-refractivity contribution in [2.75, 3.05) is 6.61 Å². The number of aliphatic hydroxyl groups excluding tert-OH is 7. The molecule has 0 aliphatic heterocycles. The van der Waals surface area contributed by atoms with Crippen LogP contribution in [0.3, 0.4) is 0 Å². The third kappa shape index (κ3) is 22.9. The highest BCUT2D eigenvalue weighted by molar-refractivity contribution is 7.47. The van der Waals surface area contributed by atoms with Crippen molar-refractivity contribution >= 4 is 13.7 Å². The lowest BCUT2D eigenvalue weighted by molar-refractivity contribution is -0.220. The topological polar surface area (TPSA) is 226 Å². The molecule has 1 aliphatic rings.